The van der Waals surface area contributed by atoms with Gasteiger partial charge >= 0.3 is 0 Å². The van der Waals surface area contributed by atoms with Gasteiger partial charge in [0.2, 0.25) is 10.0 Å². The zero-order chi connectivity index (χ0) is 16.6. The zero-order valence-corrected chi connectivity index (χ0v) is 13.5. The van der Waals surface area contributed by atoms with Crippen LogP contribution in [-0.2, 0) is 10.0 Å². The van der Waals surface area contributed by atoms with Gasteiger partial charge < -0.3 is 0 Å². The minimum absolute atomic E-state index is 0.00168. The van der Waals surface area contributed by atoms with Gasteiger partial charge in [0.05, 0.1) is 11.7 Å². The Bertz CT molecular complexity index is 973. The van der Waals surface area contributed by atoms with Crippen molar-refractivity contribution in [3.8, 4) is 0 Å². The lowest BCUT2D eigenvalue weighted by atomic mass is 10.1. The summed E-state index contributed by atoms with van der Waals surface area (Å²) in [5.74, 6) is -2.01. The minimum atomic E-state index is -3.89. The number of fused-ring (bicyclic) bond motifs is 1. The summed E-state index contributed by atoms with van der Waals surface area (Å²) in [6, 6.07) is 7.17. The van der Waals surface area contributed by atoms with Crippen LogP contribution in [0.3, 0.4) is 0 Å². The number of aromatic nitrogens is 2. The van der Waals surface area contributed by atoms with Crippen LogP contribution >= 0.6 is 11.7 Å². The van der Waals surface area contributed by atoms with Gasteiger partial charge in [0.1, 0.15) is 15.9 Å². The molecule has 23 heavy (non-hydrogen) atoms. The highest BCUT2D eigenvalue weighted by atomic mass is 32.2. The van der Waals surface area contributed by atoms with Crippen LogP contribution in [0.25, 0.3) is 11.0 Å². The number of benzene rings is 2. The number of rotatable bonds is 4. The second-order valence-corrected chi connectivity index (χ2v) is 7.12. The van der Waals surface area contributed by atoms with Gasteiger partial charge in [0.15, 0.2) is 11.6 Å². The van der Waals surface area contributed by atoms with Gasteiger partial charge in [-0.15, -0.1) is 0 Å². The van der Waals surface area contributed by atoms with E-state index in [4.69, 9.17) is 0 Å². The van der Waals surface area contributed by atoms with Crippen molar-refractivity contribution in [2.24, 2.45) is 0 Å². The first-order valence-electron chi connectivity index (χ1n) is 6.57. The summed E-state index contributed by atoms with van der Waals surface area (Å²) in [5.41, 5.74) is 1.08. The lowest BCUT2D eigenvalue weighted by molar-refractivity contribution is 0.504. The lowest BCUT2D eigenvalue weighted by Gasteiger charge is -2.15. The fourth-order valence-corrected chi connectivity index (χ4v) is 4.14. The Morgan fingerprint density at radius 1 is 1.13 bits per heavy atom. The van der Waals surface area contributed by atoms with Gasteiger partial charge in [-0.25, -0.2) is 21.9 Å². The molecule has 0 unspecified atom stereocenters. The molecule has 120 valence electrons. The van der Waals surface area contributed by atoms with E-state index in [9.17, 15) is 17.2 Å². The zero-order valence-electron chi connectivity index (χ0n) is 11.8. The van der Waals surface area contributed by atoms with Crippen molar-refractivity contribution in [3.05, 3.63) is 53.6 Å². The quantitative estimate of drug-likeness (QED) is 0.781. The molecule has 1 heterocycles. The third kappa shape index (κ3) is 3.07. The molecule has 1 N–H and O–H groups in total. The monoisotopic (exact) mass is 355 g/mol. The van der Waals surface area contributed by atoms with Crippen LogP contribution in [0.15, 0.2) is 41.3 Å². The molecule has 0 radical (unpaired) electrons. The van der Waals surface area contributed by atoms with Gasteiger partial charge in [0, 0.05) is 6.04 Å². The van der Waals surface area contributed by atoms with E-state index in [0.717, 1.165) is 23.9 Å². The van der Waals surface area contributed by atoms with E-state index in [1.165, 1.54) is 12.1 Å². The Morgan fingerprint density at radius 2 is 1.91 bits per heavy atom. The normalized spacial score (nSPS) is 13.3. The van der Waals surface area contributed by atoms with Crippen LogP contribution in [0.2, 0.25) is 0 Å². The molecule has 0 saturated heterocycles. The van der Waals surface area contributed by atoms with Crippen molar-refractivity contribution in [3.63, 3.8) is 0 Å². The molecule has 0 fully saturated rings. The second-order valence-electron chi connectivity index (χ2n) is 4.90. The summed E-state index contributed by atoms with van der Waals surface area (Å²) >= 11 is 0.918. The number of nitrogens with one attached hydrogen (secondary N) is 1. The predicted molar refractivity (Wildman–Crippen MR) is 82.5 cm³/mol. The lowest BCUT2D eigenvalue weighted by Crippen LogP contribution is -2.27. The number of hydrogen-bond acceptors (Lipinski definition) is 5. The van der Waals surface area contributed by atoms with Crippen LogP contribution in [-0.4, -0.2) is 17.2 Å². The molecule has 3 aromatic rings. The largest absolute Gasteiger partial charge is 0.243 e. The summed E-state index contributed by atoms with van der Waals surface area (Å²) in [4.78, 5) is -0.00168. The Balaban J connectivity index is 1.94. The fourth-order valence-electron chi connectivity index (χ4n) is 2.14. The molecule has 0 bridgehead atoms. The van der Waals surface area contributed by atoms with E-state index in [-0.39, 0.29) is 10.4 Å². The van der Waals surface area contributed by atoms with Crippen LogP contribution < -0.4 is 4.72 Å². The molecule has 0 aliphatic rings. The molecule has 1 aromatic heterocycles. The molecule has 3 rings (SSSR count). The molecular formula is C14H11F2N3O2S2. The van der Waals surface area contributed by atoms with Crippen molar-refractivity contribution in [2.45, 2.75) is 17.9 Å². The molecule has 0 saturated carbocycles. The van der Waals surface area contributed by atoms with Crippen molar-refractivity contribution in [1.29, 1.82) is 0 Å². The standard InChI is InChI=1S/C14H11F2N3O2S2/c1-8(9-5-6-10(15)11(16)7-9)19-23(20,21)13-4-2-3-12-14(13)18-22-17-12/h2-8,19H,1H3/t8-/m1/s1. The number of halogens is 2. The molecule has 0 aliphatic carbocycles. The van der Waals surface area contributed by atoms with Crippen LogP contribution in [0, 0.1) is 11.6 Å². The third-order valence-electron chi connectivity index (χ3n) is 3.31. The molecule has 0 spiro atoms. The molecule has 1 atom stereocenters. The van der Waals surface area contributed by atoms with E-state index in [1.807, 2.05) is 0 Å². The van der Waals surface area contributed by atoms with Crippen molar-refractivity contribution < 1.29 is 17.2 Å². The molecule has 5 nitrogen and oxygen atoms in total. The van der Waals surface area contributed by atoms with Gasteiger partial charge in [0.25, 0.3) is 0 Å². The Labute approximate surface area is 135 Å². The van der Waals surface area contributed by atoms with Gasteiger partial charge in [-0.3, -0.25) is 0 Å². The first-order chi connectivity index (χ1) is 10.9. The first-order valence-corrected chi connectivity index (χ1v) is 8.78. The number of sulfonamides is 1. The third-order valence-corrected chi connectivity index (χ3v) is 5.43. The average molecular weight is 355 g/mol. The van der Waals surface area contributed by atoms with Crippen molar-refractivity contribution >= 4 is 32.8 Å². The second kappa shape index (κ2) is 5.91. The van der Waals surface area contributed by atoms with Crippen molar-refractivity contribution in [1.82, 2.24) is 13.5 Å². The van der Waals surface area contributed by atoms with Crippen molar-refractivity contribution in [2.75, 3.05) is 0 Å². The molecule has 9 heteroatoms. The summed E-state index contributed by atoms with van der Waals surface area (Å²) in [7, 11) is -3.89. The van der Waals surface area contributed by atoms with Crippen LogP contribution in [0.1, 0.15) is 18.5 Å². The smallest absolute Gasteiger partial charge is 0.207 e. The SMILES string of the molecule is C[C@@H](NS(=O)(=O)c1cccc2nsnc12)c1ccc(F)c(F)c1. The Morgan fingerprint density at radius 3 is 2.65 bits per heavy atom. The highest BCUT2D eigenvalue weighted by Crippen LogP contribution is 2.24. The minimum Gasteiger partial charge on any atom is -0.207 e. The summed E-state index contributed by atoms with van der Waals surface area (Å²) < 4.78 is 61.8. The van der Waals surface area contributed by atoms with Crippen LogP contribution in [0.4, 0.5) is 8.78 Å². The van der Waals surface area contributed by atoms with Gasteiger partial charge in [-0.1, -0.05) is 12.1 Å². The maximum Gasteiger partial charge on any atom is 0.243 e. The first kappa shape index (κ1) is 15.9. The van der Waals surface area contributed by atoms with E-state index in [2.05, 4.69) is 13.5 Å². The Hall–Kier alpha value is -1.97. The number of nitrogens with zero attached hydrogens (tertiary/aromatic N) is 2. The van der Waals surface area contributed by atoms with E-state index < -0.39 is 27.7 Å². The maximum absolute atomic E-state index is 13.3. The van der Waals surface area contributed by atoms with E-state index in [1.54, 1.807) is 19.1 Å². The molecule has 0 amide bonds. The van der Waals surface area contributed by atoms with Gasteiger partial charge in [-0.2, -0.15) is 8.75 Å². The topological polar surface area (TPSA) is 72.0 Å². The van der Waals surface area contributed by atoms with Crippen LogP contribution in [0.5, 0.6) is 0 Å². The highest BCUT2D eigenvalue weighted by Gasteiger charge is 2.22. The van der Waals surface area contributed by atoms with Gasteiger partial charge in [-0.05, 0) is 36.8 Å². The molecule has 2 aromatic carbocycles. The summed E-state index contributed by atoms with van der Waals surface area (Å²) in [6.07, 6.45) is 0. The summed E-state index contributed by atoms with van der Waals surface area (Å²) in [6.45, 7) is 1.55. The summed E-state index contributed by atoms with van der Waals surface area (Å²) in [5, 5.41) is 0. The van der Waals surface area contributed by atoms with E-state index >= 15 is 0 Å². The highest BCUT2D eigenvalue weighted by molar-refractivity contribution is 7.89. The predicted octanol–water partition coefficient (Wildman–Crippen LogP) is 3.01. The molecule has 0 aliphatic heterocycles. The Kier molecular flexibility index (Phi) is 4.09. The van der Waals surface area contributed by atoms with E-state index in [0.29, 0.717) is 11.1 Å². The fraction of sp³-hybridized carbons (Fsp3) is 0.143. The number of hydrogen-bond donors (Lipinski definition) is 1. The maximum atomic E-state index is 13.3. The molecular weight excluding hydrogens is 344 g/mol. The average Bonchev–Trinajstić information content (AvgIpc) is 2.97.